The SMILES string of the molecule is Cl.Cl.O=C(C1CCCNC1)N1CCCC1CN1CCCC1. The summed E-state index contributed by atoms with van der Waals surface area (Å²) in [6.45, 7) is 6.57. The standard InChI is InChI=1S/C15H27N3O.2ClH/c19-15(13-5-3-7-16-11-13)18-10-4-6-14(18)12-17-8-1-2-9-17;;/h13-14,16H,1-12H2;2*1H. The maximum absolute atomic E-state index is 12.7. The number of carbonyl (C=O) groups excluding carboxylic acids is 1. The number of nitrogens with zero attached hydrogens (tertiary/aromatic N) is 2. The van der Waals surface area contributed by atoms with Crippen molar-refractivity contribution in [2.24, 2.45) is 5.92 Å². The first-order valence-electron chi connectivity index (χ1n) is 8.08. The van der Waals surface area contributed by atoms with E-state index in [0.29, 0.717) is 11.9 Å². The molecular weight excluding hydrogens is 309 g/mol. The molecule has 0 saturated carbocycles. The first-order valence-corrected chi connectivity index (χ1v) is 8.08. The van der Waals surface area contributed by atoms with Crippen molar-refractivity contribution < 1.29 is 4.79 Å². The van der Waals surface area contributed by atoms with Crippen molar-refractivity contribution in [2.75, 3.05) is 39.3 Å². The minimum Gasteiger partial charge on any atom is -0.338 e. The fraction of sp³-hybridized carbons (Fsp3) is 0.933. The van der Waals surface area contributed by atoms with E-state index in [1.807, 2.05) is 0 Å². The van der Waals surface area contributed by atoms with Gasteiger partial charge in [-0.3, -0.25) is 4.79 Å². The minimum atomic E-state index is 0. The summed E-state index contributed by atoms with van der Waals surface area (Å²) in [6.07, 6.45) is 7.33. The molecule has 3 rings (SSSR count). The van der Waals surface area contributed by atoms with E-state index in [9.17, 15) is 4.79 Å². The highest BCUT2D eigenvalue weighted by molar-refractivity contribution is 5.85. The number of amides is 1. The van der Waals surface area contributed by atoms with E-state index in [0.717, 1.165) is 39.0 Å². The molecule has 6 heteroatoms. The van der Waals surface area contributed by atoms with Crippen LogP contribution in [0.15, 0.2) is 0 Å². The largest absolute Gasteiger partial charge is 0.338 e. The molecule has 1 N–H and O–H groups in total. The van der Waals surface area contributed by atoms with Gasteiger partial charge in [0.25, 0.3) is 0 Å². The van der Waals surface area contributed by atoms with Gasteiger partial charge in [0.2, 0.25) is 5.91 Å². The first kappa shape index (κ1) is 19.0. The number of nitrogens with one attached hydrogen (secondary N) is 1. The number of carbonyl (C=O) groups is 1. The lowest BCUT2D eigenvalue weighted by Gasteiger charge is -2.32. The number of likely N-dealkylation sites (tertiary alicyclic amines) is 2. The van der Waals surface area contributed by atoms with Crippen molar-refractivity contribution in [3.63, 3.8) is 0 Å². The van der Waals surface area contributed by atoms with Gasteiger partial charge in [-0.25, -0.2) is 0 Å². The summed E-state index contributed by atoms with van der Waals surface area (Å²) in [5, 5.41) is 3.37. The Balaban J connectivity index is 0.00000110. The van der Waals surface area contributed by atoms with Crippen LogP contribution >= 0.6 is 24.8 Å². The summed E-state index contributed by atoms with van der Waals surface area (Å²) < 4.78 is 0. The lowest BCUT2D eigenvalue weighted by Crippen LogP contribution is -2.48. The number of piperidine rings is 1. The molecule has 21 heavy (non-hydrogen) atoms. The van der Waals surface area contributed by atoms with Crippen molar-refractivity contribution in [3.05, 3.63) is 0 Å². The molecule has 0 radical (unpaired) electrons. The third-order valence-corrected chi connectivity index (χ3v) is 4.97. The normalized spacial score (nSPS) is 29.8. The highest BCUT2D eigenvalue weighted by Gasteiger charge is 2.34. The van der Waals surface area contributed by atoms with Gasteiger partial charge in [0, 0.05) is 25.7 Å². The molecule has 2 unspecified atom stereocenters. The summed E-state index contributed by atoms with van der Waals surface area (Å²) in [7, 11) is 0. The lowest BCUT2D eigenvalue weighted by molar-refractivity contribution is -0.137. The van der Waals surface area contributed by atoms with Crippen LogP contribution in [0.2, 0.25) is 0 Å². The molecule has 1 amide bonds. The van der Waals surface area contributed by atoms with Crippen molar-refractivity contribution in [1.82, 2.24) is 15.1 Å². The molecule has 3 heterocycles. The topological polar surface area (TPSA) is 35.6 Å². The second-order valence-electron chi connectivity index (χ2n) is 6.38. The third-order valence-electron chi connectivity index (χ3n) is 4.97. The number of halogens is 2. The smallest absolute Gasteiger partial charge is 0.227 e. The summed E-state index contributed by atoms with van der Waals surface area (Å²) in [6, 6.07) is 0.493. The first-order chi connectivity index (χ1) is 9.34. The van der Waals surface area contributed by atoms with Gasteiger partial charge < -0.3 is 15.1 Å². The van der Waals surface area contributed by atoms with Gasteiger partial charge in [-0.2, -0.15) is 0 Å². The predicted octanol–water partition coefficient (Wildman–Crippen LogP) is 1.92. The van der Waals surface area contributed by atoms with E-state index in [4.69, 9.17) is 0 Å². The van der Waals surface area contributed by atoms with E-state index in [1.165, 1.54) is 38.8 Å². The Morgan fingerprint density at radius 3 is 2.43 bits per heavy atom. The van der Waals surface area contributed by atoms with Gasteiger partial charge in [0.15, 0.2) is 0 Å². The zero-order valence-electron chi connectivity index (χ0n) is 12.8. The van der Waals surface area contributed by atoms with Crippen LogP contribution in [0, 0.1) is 5.92 Å². The molecule has 124 valence electrons. The highest BCUT2D eigenvalue weighted by atomic mass is 35.5. The molecule has 2 atom stereocenters. The molecular formula is C15H29Cl2N3O. The summed E-state index contributed by atoms with van der Waals surface area (Å²) >= 11 is 0. The van der Waals surface area contributed by atoms with E-state index >= 15 is 0 Å². The second kappa shape index (κ2) is 9.19. The Hall–Kier alpha value is -0.0300. The van der Waals surface area contributed by atoms with Gasteiger partial charge in [-0.05, 0) is 58.2 Å². The van der Waals surface area contributed by atoms with Crippen LogP contribution in [0.5, 0.6) is 0 Å². The minimum absolute atomic E-state index is 0. The molecule has 0 aromatic carbocycles. The number of hydrogen-bond donors (Lipinski definition) is 1. The van der Waals surface area contributed by atoms with E-state index in [1.54, 1.807) is 0 Å². The summed E-state index contributed by atoms with van der Waals surface area (Å²) in [5.41, 5.74) is 0. The van der Waals surface area contributed by atoms with Crippen molar-refractivity contribution in [2.45, 2.75) is 44.6 Å². The Morgan fingerprint density at radius 1 is 1.00 bits per heavy atom. The van der Waals surface area contributed by atoms with Crippen LogP contribution in [0.25, 0.3) is 0 Å². The van der Waals surface area contributed by atoms with Crippen LogP contribution in [0.1, 0.15) is 38.5 Å². The molecule has 0 aromatic heterocycles. The Bertz CT molecular complexity index is 318. The molecule has 3 aliphatic heterocycles. The predicted molar refractivity (Wildman–Crippen MR) is 90.5 cm³/mol. The Labute approximate surface area is 140 Å². The maximum Gasteiger partial charge on any atom is 0.227 e. The number of rotatable bonds is 3. The van der Waals surface area contributed by atoms with Gasteiger partial charge in [0.05, 0.1) is 5.92 Å². The third kappa shape index (κ3) is 4.72. The van der Waals surface area contributed by atoms with Crippen molar-refractivity contribution in [3.8, 4) is 0 Å². The van der Waals surface area contributed by atoms with Crippen molar-refractivity contribution in [1.29, 1.82) is 0 Å². The number of hydrogen-bond acceptors (Lipinski definition) is 3. The quantitative estimate of drug-likeness (QED) is 0.854. The average Bonchev–Trinajstić information content (AvgIpc) is 3.11. The Morgan fingerprint density at radius 2 is 1.76 bits per heavy atom. The molecule has 3 saturated heterocycles. The van der Waals surface area contributed by atoms with Crippen LogP contribution in [0.3, 0.4) is 0 Å². The molecule has 3 fully saturated rings. The van der Waals surface area contributed by atoms with Gasteiger partial charge >= 0.3 is 0 Å². The molecule has 0 aliphatic carbocycles. The second-order valence-corrected chi connectivity index (χ2v) is 6.38. The highest BCUT2D eigenvalue weighted by Crippen LogP contribution is 2.24. The maximum atomic E-state index is 12.7. The molecule has 4 nitrogen and oxygen atoms in total. The van der Waals surface area contributed by atoms with E-state index < -0.39 is 0 Å². The van der Waals surface area contributed by atoms with Gasteiger partial charge in [-0.1, -0.05) is 0 Å². The van der Waals surface area contributed by atoms with Crippen LogP contribution in [-0.2, 0) is 4.79 Å². The molecule has 0 spiro atoms. The van der Waals surface area contributed by atoms with Crippen LogP contribution < -0.4 is 5.32 Å². The fourth-order valence-corrected chi connectivity index (χ4v) is 3.88. The van der Waals surface area contributed by atoms with Crippen LogP contribution in [-0.4, -0.2) is 61.0 Å². The molecule has 0 bridgehead atoms. The Kier molecular flexibility index (Phi) is 8.32. The zero-order valence-corrected chi connectivity index (χ0v) is 14.4. The molecule has 0 aromatic rings. The lowest BCUT2D eigenvalue weighted by atomic mass is 9.98. The summed E-state index contributed by atoms with van der Waals surface area (Å²) in [4.78, 5) is 17.4. The van der Waals surface area contributed by atoms with Crippen molar-refractivity contribution >= 4 is 30.7 Å². The van der Waals surface area contributed by atoms with E-state index in [-0.39, 0.29) is 30.7 Å². The van der Waals surface area contributed by atoms with Gasteiger partial charge in [-0.15, -0.1) is 24.8 Å². The van der Waals surface area contributed by atoms with E-state index in [2.05, 4.69) is 15.1 Å². The van der Waals surface area contributed by atoms with Crippen LogP contribution in [0.4, 0.5) is 0 Å². The average molecular weight is 338 g/mol. The van der Waals surface area contributed by atoms with Gasteiger partial charge in [0.1, 0.15) is 0 Å². The monoisotopic (exact) mass is 337 g/mol. The fourth-order valence-electron chi connectivity index (χ4n) is 3.88. The molecule has 3 aliphatic rings. The summed E-state index contributed by atoms with van der Waals surface area (Å²) in [5.74, 6) is 0.668. The zero-order chi connectivity index (χ0) is 13.1.